The number of hydrogen-bond acceptors (Lipinski definition) is 5. The van der Waals surface area contributed by atoms with Gasteiger partial charge in [0.25, 0.3) is 5.91 Å². The summed E-state index contributed by atoms with van der Waals surface area (Å²) < 4.78 is 0. The normalized spacial score (nSPS) is 9.96. The summed E-state index contributed by atoms with van der Waals surface area (Å²) in [6.45, 7) is 1.55. The van der Waals surface area contributed by atoms with Crippen LogP contribution in [0.1, 0.15) is 17.4 Å². The number of carbonyl (C=O) groups excluding carboxylic acids is 2. The Bertz CT molecular complexity index is 1030. The number of amides is 2. The zero-order valence-corrected chi connectivity index (χ0v) is 14.1. The van der Waals surface area contributed by atoms with E-state index < -0.39 is 11.8 Å². The van der Waals surface area contributed by atoms with Gasteiger partial charge in [-0.3, -0.25) is 9.59 Å². The minimum Gasteiger partial charge on any atom is -0.364 e. The predicted octanol–water partition coefficient (Wildman–Crippen LogP) is 3.10. The van der Waals surface area contributed by atoms with Gasteiger partial charge in [-0.05, 0) is 35.7 Å². The van der Waals surface area contributed by atoms with E-state index in [1.54, 1.807) is 6.92 Å². The number of anilines is 3. The Kier molecular flexibility index (Phi) is 4.64. The number of rotatable bonds is 4. The molecule has 0 unspecified atom stereocenters. The highest BCUT2D eigenvalue weighted by Crippen LogP contribution is 2.31. The maximum atomic E-state index is 11.6. The van der Waals surface area contributed by atoms with Crippen LogP contribution in [0.4, 0.5) is 15.8 Å². The zero-order valence-electron chi connectivity index (χ0n) is 13.3. The molecule has 2 aromatic carbocycles. The molecular formula is C18H14N4O2S. The van der Waals surface area contributed by atoms with Crippen LogP contribution in [0.15, 0.2) is 42.5 Å². The van der Waals surface area contributed by atoms with Crippen molar-refractivity contribution in [3.8, 4) is 11.8 Å². The number of primary amides is 1. The first-order valence-electron chi connectivity index (χ1n) is 7.37. The fourth-order valence-corrected chi connectivity index (χ4v) is 3.15. The summed E-state index contributed by atoms with van der Waals surface area (Å²) in [5.74, 6) is 3.59. The van der Waals surface area contributed by atoms with Gasteiger partial charge in [-0.1, -0.05) is 47.6 Å². The van der Waals surface area contributed by atoms with E-state index in [1.165, 1.54) is 0 Å². The molecule has 25 heavy (non-hydrogen) atoms. The molecule has 124 valence electrons. The summed E-state index contributed by atoms with van der Waals surface area (Å²) >= 11 is 1.12. The van der Waals surface area contributed by atoms with E-state index in [0.29, 0.717) is 5.13 Å². The minimum absolute atomic E-state index is 0.000424. The molecule has 0 saturated carbocycles. The van der Waals surface area contributed by atoms with Gasteiger partial charge in [0.2, 0.25) is 0 Å². The van der Waals surface area contributed by atoms with Gasteiger partial charge >= 0.3 is 5.91 Å². The highest BCUT2D eigenvalue weighted by molar-refractivity contribution is 7.20. The van der Waals surface area contributed by atoms with Crippen molar-refractivity contribution in [2.45, 2.75) is 6.92 Å². The van der Waals surface area contributed by atoms with Crippen molar-refractivity contribution in [3.63, 3.8) is 0 Å². The standard InChI is InChI=1S/C18H14N4O2S/c1-2-5-14(23)21-17-15(16(19)24)22-18(25-17)20-13-9-8-11-6-3-4-7-12(11)10-13/h3-4,6-10H,1H3,(H2,19,24)(H,20,22)(H,21,23). The van der Waals surface area contributed by atoms with E-state index in [4.69, 9.17) is 5.73 Å². The average Bonchev–Trinajstić information content (AvgIpc) is 2.97. The van der Waals surface area contributed by atoms with Crippen molar-refractivity contribution in [1.82, 2.24) is 4.98 Å². The highest BCUT2D eigenvalue weighted by Gasteiger charge is 2.17. The monoisotopic (exact) mass is 350 g/mol. The van der Waals surface area contributed by atoms with E-state index in [-0.39, 0.29) is 10.7 Å². The lowest BCUT2D eigenvalue weighted by molar-refractivity contribution is -0.111. The molecule has 0 aliphatic rings. The smallest absolute Gasteiger partial charge is 0.300 e. The number of thiazole rings is 1. The number of fused-ring (bicyclic) bond motifs is 1. The number of nitrogens with two attached hydrogens (primary N) is 1. The Hall–Kier alpha value is -3.37. The SMILES string of the molecule is CC#CC(=O)Nc1sc(Nc2ccc3ccccc3c2)nc1C(N)=O. The fraction of sp³-hybridized carbons (Fsp3) is 0.0556. The quantitative estimate of drug-likeness (QED) is 0.630. The Balaban J connectivity index is 1.89. The first-order valence-corrected chi connectivity index (χ1v) is 8.18. The van der Waals surface area contributed by atoms with Crippen molar-refractivity contribution in [2.24, 2.45) is 5.73 Å². The molecule has 4 N–H and O–H groups in total. The number of hydrogen-bond donors (Lipinski definition) is 3. The molecule has 1 heterocycles. The van der Waals surface area contributed by atoms with Crippen molar-refractivity contribution >= 4 is 49.7 Å². The van der Waals surface area contributed by atoms with Crippen LogP contribution >= 0.6 is 11.3 Å². The van der Waals surface area contributed by atoms with Gasteiger partial charge < -0.3 is 16.4 Å². The lowest BCUT2D eigenvalue weighted by atomic mass is 10.1. The van der Waals surface area contributed by atoms with Crippen LogP contribution < -0.4 is 16.4 Å². The minimum atomic E-state index is -0.720. The molecule has 0 spiro atoms. The lowest BCUT2D eigenvalue weighted by Gasteiger charge is -2.04. The van der Waals surface area contributed by atoms with Gasteiger partial charge in [0.15, 0.2) is 10.8 Å². The van der Waals surface area contributed by atoms with Crippen molar-refractivity contribution in [1.29, 1.82) is 0 Å². The molecule has 0 bridgehead atoms. The largest absolute Gasteiger partial charge is 0.364 e. The van der Waals surface area contributed by atoms with Crippen LogP contribution in [0.25, 0.3) is 10.8 Å². The van der Waals surface area contributed by atoms with Gasteiger partial charge in [-0.15, -0.1) is 0 Å². The molecule has 1 aromatic heterocycles. The molecule has 0 saturated heterocycles. The van der Waals surface area contributed by atoms with E-state index in [2.05, 4.69) is 27.5 Å². The lowest BCUT2D eigenvalue weighted by Crippen LogP contribution is -2.16. The molecule has 3 rings (SSSR count). The Morgan fingerprint density at radius 1 is 1.16 bits per heavy atom. The molecule has 3 aromatic rings. The Labute approximate surface area is 148 Å². The summed E-state index contributed by atoms with van der Waals surface area (Å²) in [7, 11) is 0. The van der Waals surface area contributed by atoms with Gasteiger partial charge in [0.1, 0.15) is 5.00 Å². The number of benzene rings is 2. The van der Waals surface area contributed by atoms with E-state index in [9.17, 15) is 9.59 Å². The average molecular weight is 350 g/mol. The molecular weight excluding hydrogens is 336 g/mol. The van der Waals surface area contributed by atoms with Crippen molar-refractivity contribution < 1.29 is 9.59 Å². The van der Waals surface area contributed by atoms with Crippen molar-refractivity contribution in [3.05, 3.63) is 48.2 Å². The van der Waals surface area contributed by atoms with Gasteiger partial charge in [-0.25, -0.2) is 4.98 Å². The zero-order chi connectivity index (χ0) is 17.8. The van der Waals surface area contributed by atoms with Gasteiger partial charge in [0.05, 0.1) is 0 Å². The third-order valence-corrected chi connectivity index (χ3v) is 4.21. The number of nitrogens with zero attached hydrogens (tertiary/aromatic N) is 1. The summed E-state index contributed by atoms with van der Waals surface area (Å²) in [5.41, 5.74) is 6.15. The summed E-state index contributed by atoms with van der Waals surface area (Å²) in [4.78, 5) is 27.3. The molecule has 0 fully saturated rings. The molecule has 0 radical (unpaired) electrons. The first kappa shape index (κ1) is 16.5. The maximum absolute atomic E-state index is 11.6. The molecule has 0 aliphatic carbocycles. The van der Waals surface area contributed by atoms with Crippen molar-refractivity contribution in [2.75, 3.05) is 10.6 Å². The summed E-state index contributed by atoms with van der Waals surface area (Å²) in [6.07, 6.45) is 0. The number of carbonyl (C=O) groups is 2. The third kappa shape index (κ3) is 3.76. The third-order valence-electron chi connectivity index (χ3n) is 3.33. The van der Waals surface area contributed by atoms with E-state index in [1.807, 2.05) is 42.5 Å². The van der Waals surface area contributed by atoms with Crippen LogP contribution in [0.3, 0.4) is 0 Å². The fourth-order valence-electron chi connectivity index (χ4n) is 2.26. The topological polar surface area (TPSA) is 97.1 Å². The van der Waals surface area contributed by atoms with Crippen LogP contribution in [-0.4, -0.2) is 16.8 Å². The van der Waals surface area contributed by atoms with E-state index in [0.717, 1.165) is 27.8 Å². The summed E-state index contributed by atoms with van der Waals surface area (Å²) in [5, 5.41) is 8.57. The molecule has 7 heteroatoms. The summed E-state index contributed by atoms with van der Waals surface area (Å²) in [6, 6.07) is 13.8. The second kappa shape index (κ2) is 7.03. The van der Waals surface area contributed by atoms with Crippen LogP contribution in [-0.2, 0) is 4.79 Å². The Morgan fingerprint density at radius 2 is 1.92 bits per heavy atom. The number of aromatic nitrogens is 1. The van der Waals surface area contributed by atoms with Gasteiger partial charge in [0, 0.05) is 5.69 Å². The highest BCUT2D eigenvalue weighted by atomic mass is 32.1. The molecule has 2 amide bonds. The Morgan fingerprint density at radius 3 is 2.64 bits per heavy atom. The second-order valence-electron chi connectivity index (χ2n) is 5.08. The first-order chi connectivity index (χ1) is 12.1. The van der Waals surface area contributed by atoms with Crippen LogP contribution in [0.2, 0.25) is 0 Å². The van der Waals surface area contributed by atoms with Crippen LogP contribution in [0.5, 0.6) is 0 Å². The molecule has 0 atom stereocenters. The molecule has 6 nitrogen and oxygen atoms in total. The molecule has 0 aliphatic heterocycles. The number of nitrogens with one attached hydrogen (secondary N) is 2. The predicted molar refractivity (Wildman–Crippen MR) is 99.9 cm³/mol. The van der Waals surface area contributed by atoms with E-state index >= 15 is 0 Å². The van der Waals surface area contributed by atoms with Crippen LogP contribution in [0, 0.1) is 11.8 Å². The van der Waals surface area contributed by atoms with Gasteiger partial charge in [-0.2, -0.15) is 0 Å². The maximum Gasteiger partial charge on any atom is 0.300 e. The second-order valence-corrected chi connectivity index (χ2v) is 6.08.